The Morgan fingerprint density at radius 3 is 2.36 bits per heavy atom. The number of benzene rings is 2. The summed E-state index contributed by atoms with van der Waals surface area (Å²) in [5, 5.41) is 10.2. The van der Waals surface area contributed by atoms with Gasteiger partial charge in [0.15, 0.2) is 0 Å². The highest BCUT2D eigenvalue weighted by Gasteiger charge is 2.22. The minimum absolute atomic E-state index is 0.0605. The number of hydrogen-bond donors (Lipinski definition) is 1. The molecule has 3 nitrogen and oxygen atoms in total. The van der Waals surface area contributed by atoms with Gasteiger partial charge in [0, 0.05) is 18.7 Å². The molecule has 1 fully saturated rings. The fourth-order valence-electron chi connectivity index (χ4n) is 2.78. The summed E-state index contributed by atoms with van der Waals surface area (Å²) in [4.78, 5) is 2.35. The number of phenols is 1. The SMILES string of the molecule is Oc1ccccc1[C@@H](/C=C/c1ccccc1)N1CCOCC1. The molecule has 3 rings (SSSR count). The first-order valence-corrected chi connectivity index (χ1v) is 7.67. The van der Waals surface area contributed by atoms with E-state index in [9.17, 15) is 5.11 Å². The van der Waals surface area contributed by atoms with Crippen molar-refractivity contribution in [2.75, 3.05) is 26.3 Å². The van der Waals surface area contributed by atoms with Gasteiger partial charge < -0.3 is 9.84 Å². The van der Waals surface area contributed by atoms with E-state index in [1.165, 1.54) is 0 Å². The van der Waals surface area contributed by atoms with E-state index in [1.54, 1.807) is 6.07 Å². The van der Waals surface area contributed by atoms with E-state index >= 15 is 0 Å². The van der Waals surface area contributed by atoms with Crippen LogP contribution in [0, 0.1) is 0 Å². The predicted octanol–water partition coefficient (Wildman–Crippen LogP) is 3.48. The number of hydrogen-bond acceptors (Lipinski definition) is 3. The summed E-state index contributed by atoms with van der Waals surface area (Å²) in [5.74, 6) is 0.344. The molecule has 0 bridgehead atoms. The van der Waals surface area contributed by atoms with Crippen LogP contribution >= 0.6 is 0 Å². The van der Waals surface area contributed by atoms with Gasteiger partial charge in [-0.2, -0.15) is 0 Å². The highest BCUT2D eigenvalue weighted by molar-refractivity contribution is 5.51. The lowest BCUT2D eigenvalue weighted by atomic mass is 10.0. The van der Waals surface area contributed by atoms with Crippen LogP contribution in [0.1, 0.15) is 17.2 Å². The second-order valence-electron chi connectivity index (χ2n) is 5.42. The second kappa shape index (κ2) is 7.25. The van der Waals surface area contributed by atoms with Gasteiger partial charge in [-0.25, -0.2) is 0 Å². The van der Waals surface area contributed by atoms with Crippen molar-refractivity contribution in [3.63, 3.8) is 0 Å². The fourth-order valence-corrected chi connectivity index (χ4v) is 2.78. The van der Waals surface area contributed by atoms with E-state index in [0.717, 1.165) is 37.4 Å². The van der Waals surface area contributed by atoms with Crippen LogP contribution in [-0.2, 0) is 4.74 Å². The smallest absolute Gasteiger partial charge is 0.120 e. The van der Waals surface area contributed by atoms with Crippen LogP contribution in [0.4, 0.5) is 0 Å². The van der Waals surface area contributed by atoms with Crippen LogP contribution in [0.3, 0.4) is 0 Å². The molecule has 1 aliphatic rings. The molecule has 2 aromatic carbocycles. The minimum Gasteiger partial charge on any atom is -0.508 e. The molecule has 0 aromatic heterocycles. The van der Waals surface area contributed by atoms with Gasteiger partial charge in [0.1, 0.15) is 5.75 Å². The molecule has 0 radical (unpaired) electrons. The van der Waals surface area contributed by atoms with Crippen LogP contribution in [-0.4, -0.2) is 36.3 Å². The summed E-state index contributed by atoms with van der Waals surface area (Å²) in [5.41, 5.74) is 2.10. The van der Waals surface area contributed by atoms with Crippen molar-refractivity contribution < 1.29 is 9.84 Å². The summed E-state index contributed by atoms with van der Waals surface area (Å²) in [6.07, 6.45) is 4.28. The highest BCUT2D eigenvalue weighted by Crippen LogP contribution is 2.30. The Kier molecular flexibility index (Phi) is 4.88. The molecule has 0 aliphatic carbocycles. The van der Waals surface area contributed by atoms with Crippen molar-refractivity contribution in [1.82, 2.24) is 4.90 Å². The highest BCUT2D eigenvalue weighted by atomic mass is 16.5. The first-order chi connectivity index (χ1) is 10.8. The standard InChI is InChI=1S/C19H21NO2/c21-19-9-5-4-8-17(19)18(20-12-14-22-15-13-20)11-10-16-6-2-1-3-7-16/h1-11,18,21H,12-15H2/b11-10+/t18-/m1/s1. The molecule has 114 valence electrons. The van der Waals surface area contributed by atoms with Gasteiger partial charge in [-0.3, -0.25) is 4.90 Å². The van der Waals surface area contributed by atoms with Gasteiger partial charge in [-0.05, 0) is 11.6 Å². The van der Waals surface area contributed by atoms with Crippen molar-refractivity contribution >= 4 is 6.08 Å². The number of nitrogens with zero attached hydrogens (tertiary/aromatic N) is 1. The number of rotatable bonds is 4. The maximum atomic E-state index is 10.2. The maximum Gasteiger partial charge on any atom is 0.120 e. The molecule has 2 aromatic rings. The number of morpholine rings is 1. The Labute approximate surface area is 131 Å². The van der Waals surface area contributed by atoms with Crippen molar-refractivity contribution in [2.24, 2.45) is 0 Å². The van der Waals surface area contributed by atoms with Crippen molar-refractivity contribution in [2.45, 2.75) is 6.04 Å². The van der Waals surface area contributed by atoms with E-state index in [-0.39, 0.29) is 6.04 Å². The number of aromatic hydroxyl groups is 1. The Hall–Kier alpha value is -2.10. The summed E-state index contributed by atoms with van der Waals surface area (Å²) >= 11 is 0. The molecule has 1 heterocycles. The normalized spacial score (nSPS) is 17.6. The number of phenolic OH excluding ortho intramolecular Hbond substituents is 1. The van der Waals surface area contributed by atoms with Gasteiger partial charge in [-0.1, -0.05) is 60.7 Å². The number of para-hydroxylation sites is 1. The number of ether oxygens (including phenoxy) is 1. The quantitative estimate of drug-likeness (QED) is 0.937. The minimum atomic E-state index is 0.0605. The van der Waals surface area contributed by atoms with Crippen LogP contribution < -0.4 is 0 Å². The molecule has 0 amide bonds. The third kappa shape index (κ3) is 3.56. The van der Waals surface area contributed by atoms with Crippen LogP contribution in [0.25, 0.3) is 6.08 Å². The lowest BCUT2D eigenvalue weighted by Gasteiger charge is -2.33. The third-order valence-electron chi connectivity index (χ3n) is 3.97. The van der Waals surface area contributed by atoms with E-state index in [0.29, 0.717) is 5.75 Å². The van der Waals surface area contributed by atoms with Gasteiger partial charge in [0.2, 0.25) is 0 Å². The van der Waals surface area contributed by atoms with Gasteiger partial charge in [0.25, 0.3) is 0 Å². The average molecular weight is 295 g/mol. The van der Waals surface area contributed by atoms with Gasteiger partial charge in [-0.15, -0.1) is 0 Å². The lowest BCUT2D eigenvalue weighted by molar-refractivity contribution is 0.0250. The zero-order chi connectivity index (χ0) is 15.2. The van der Waals surface area contributed by atoms with E-state index in [4.69, 9.17) is 4.74 Å². The Morgan fingerprint density at radius 2 is 1.64 bits per heavy atom. The molecule has 0 unspecified atom stereocenters. The summed E-state index contributed by atoms with van der Waals surface area (Å²) < 4.78 is 5.45. The molecular weight excluding hydrogens is 274 g/mol. The summed E-state index contributed by atoms with van der Waals surface area (Å²) in [6, 6.07) is 17.9. The first kappa shape index (κ1) is 14.8. The molecule has 1 aliphatic heterocycles. The van der Waals surface area contributed by atoms with Crippen molar-refractivity contribution in [1.29, 1.82) is 0 Å². The molecular formula is C19H21NO2. The molecule has 0 spiro atoms. The third-order valence-corrected chi connectivity index (χ3v) is 3.97. The molecule has 1 atom stereocenters. The molecule has 1 N–H and O–H groups in total. The summed E-state index contributed by atoms with van der Waals surface area (Å²) in [7, 11) is 0. The Morgan fingerprint density at radius 1 is 0.955 bits per heavy atom. The zero-order valence-corrected chi connectivity index (χ0v) is 12.6. The molecule has 3 heteroatoms. The maximum absolute atomic E-state index is 10.2. The predicted molar refractivity (Wildman–Crippen MR) is 88.7 cm³/mol. The van der Waals surface area contributed by atoms with E-state index in [2.05, 4.69) is 29.2 Å². The van der Waals surface area contributed by atoms with Crippen LogP contribution in [0.15, 0.2) is 60.7 Å². The van der Waals surface area contributed by atoms with E-state index < -0.39 is 0 Å². The van der Waals surface area contributed by atoms with Crippen LogP contribution in [0.2, 0.25) is 0 Å². The van der Waals surface area contributed by atoms with Crippen molar-refractivity contribution in [3.05, 3.63) is 71.8 Å². The fraction of sp³-hybridized carbons (Fsp3) is 0.263. The van der Waals surface area contributed by atoms with E-state index in [1.807, 2.05) is 36.4 Å². The van der Waals surface area contributed by atoms with Gasteiger partial charge in [0.05, 0.1) is 19.3 Å². The molecule has 0 saturated carbocycles. The Balaban J connectivity index is 1.89. The monoisotopic (exact) mass is 295 g/mol. The second-order valence-corrected chi connectivity index (χ2v) is 5.42. The molecule has 22 heavy (non-hydrogen) atoms. The largest absolute Gasteiger partial charge is 0.508 e. The molecule has 1 saturated heterocycles. The topological polar surface area (TPSA) is 32.7 Å². The zero-order valence-electron chi connectivity index (χ0n) is 12.6. The lowest BCUT2D eigenvalue weighted by Crippen LogP contribution is -2.38. The van der Waals surface area contributed by atoms with Gasteiger partial charge >= 0.3 is 0 Å². The van der Waals surface area contributed by atoms with Crippen LogP contribution in [0.5, 0.6) is 5.75 Å². The first-order valence-electron chi connectivity index (χ1n) is 7.67. The summed E-state index contributed by atoms with van der Waals surface area (Å²) in [6.45, 7) is 3.23. The van der Waals surface area contributed by atoms with Crippen molar-refractivity contribution in [3.8, 4) is 5.75 Å². The average Bonchev–Trinajstić information content (AvgIpc) is 2.58. The Bertz CT molecular complexity index is 618.